The lowest BCUT2D eigenvalue weighted by molar-refractivity contribution is 0.0695. The molecule has 0 aliphatic rings. The maximum Gasteiger partial charge on any atom is 0.342 e. The Kier molecular flexibility index (Phi) is 3.82. The smallest absolute Gasteiger partial charge is 0.342 e. The van der Waals surface area contributed by atoms with Crippen LogP contribution in [0.25, 0.3) is 16.8 Å². The molecule has 5 N–H and O–H groups in total. The van der Waals surface area contributed by atoms with Gasteiger partial charge in [0.05, 0.1) is 6.33 Å². The molecule has 0 spiro atoms. The van der Waals surface area contributed by atoms with Gasteiger partial charge in [-0.25, -0.2) is 14.6 Å². The van der Waals surface area contributed by atoms with Crippen molar-refractivity contribution in [2.75, 3.05) is 5.73 Å². The number of anilines is 1. The van der Waals surface area contributed by atoms with Gasteiger partial charge >= 0.3 is 11.9 Å². The van der Waals surface area contributed by atoms with Crippen LogP contribution in [0.15, 0.2) is 47.8 Å². The topological polar surface area (TPSA) is 151 Å². The summed E-state index contributed by atoms with van der Waals surface area (Å²) in [7, 11) is 0. The van der Waals surface area contributed by atoms with Crippen LogP contribution in [0.4, 0.5) is 5.82 Å². The molecule has 126 valence electrons. The molecule has 2 heterocycles. The molecule has 0 fully saturated rings. The van der Waals surface area contributed by atoms with Gasteiger partial charge in [-0.15, -0.1) is 0 Å². The van der Waals surface area contributed by atoms with Crippen molar-refractivity contribution in [1.82, 2.24) is 14.5 Å². The molecular formula is C16H12N4O5. The van der Waals surface area contributed by atoms with Crippen LogP contribution in [0.5, 0.6) is 0 Å². The zero-order valence-corrected chi connectivity index (χ0v) is 12.6. The van der Waals surface area contributed by atoms with Crippen LogP contribution < -0.4 is 11.3 Å². The van der Waals surface area contributed by atoms with Crippen LogP contribution in [0, 0.1) is 0 Å². The van der Waals surface area contributed by atoms with Crippen molar-refractivity contribution in [3.63, 3.8) is 0 Å². The number of aromatic amines is 1. The van der Waals surface area contributed by atoms with E-state index in [1.165, 1.54) is 12.1 Å². The summed E-state index contributed by atoms with van der Waals surface area (Å²) >= 11 is 0. The van der Waals surface area contributed by atoms with E-state index in [-0.39, 0.29) is 11.1 Å². The molecule has 0 saturated carbocycles. The summed E-state index contributed by atoms with van der Waals surface area (Å²) in [5, 5.41) is 18.7. The number of carboxylic acid groups (broad SMARTS) is 2. The number of carboxylic acids is 2. The Balaban J connectivity index is 2.27. The van der Waals surface area contributed by atoms with Gasteiger partial charge in [0.15, 0.2) is 0 Å². The lowest BCUT2D eigenvalue weighted by Gasteiger charge is -2.12. The van der Waals surface area contributed by atoms with E-state index < -0.39 is 34.4 Å². The van der Waals surface area contributed by atoms with E-state index in [1.807, 2.05) is 0 Å². The first kappa shape index (κ1) is 16.0. The number of rotatable bonds is 4. The van der Waals surface area contributed by atoms with Crippen molar-refractivity contribution in [2.24, 2.45) is 0 Å². The van der Waals surface area contributed by atoms with Gasteiger partial charge in [-0.05, 0) is 17.7 Å². The summed E-state index contributed by atoms with van der Waals surface area (Å²) in [5.74, 6) is -3.39. The molecule has 0 unspecified atom stereocenters. The molecule has 0 bridgehead atoms. The maximum atomic E-state index is 12.0. The Morgan fingerprint density at radius 3 is 2.24 bits per heavy atom. The first-order chi connectivity index (χ1) is 11.9. The number of nitrogens with zero attached hydrogens (tertiary/aromatic N) is 2. The first-order valence-electron chi connectivity index (χ1n) is 7.01. The van der Waals surface area contributed by atoms with E-state index in [1.54, 1.807) is 35.4 Å². The number of hydrogen-bond donors (Lipinski definition) is 4. The van der Waals surface area contributed by atoms with Crippen LogP contribution in [0.3, 0.4) is 0 Å². The van der Waals surface area contributed by atoms with Gasteiger partial charge in [-0.3, -0.25) is 4.79 Å². The molecular weight excluding hydrogens is 328 g/mol. The molecule has 9 nitrogen and oxygen atoms in total. The van der Waals surface area contributed by atoms with E-state index in [0.717, 1.165) is 5.69 Å². The summed E-state index contributed by atoms with van der Waals surface area (Å²) in [5.41, 5.74) is 4.22. The standard InChI is InChI=1S/C16H12N4O5/c17-13-11(15(22)23)10(12(16(24)25)14(21)19-13)8-1-3-9(4-2-8)20-6-5-18-7-20/h1-7H,(H,22,23)(H,24,25)(H3,17,19,21). The number of nitrogen functional groups attached to an aromatic ring is 1. The molecule has 2 aromatic heterocycles. The zero-order chi connectivity index (χ0) is 18.1. The molecule has 0 atom stereocenters. The average molecular weight is 340 g/mol. The van der Waals surface area contributed by atoms with E-state index in [9.17, 15) is 24.6 Å². The minimum absolute atomic E-state index is 0.238. The van der Waals surface area contributed by atoms with Gasteiger partial charge in [0.2, 0.25) is 0 Å². The fraction of sp³-hybridized carbons (Fsp3) is 0. The van der Waals surface area contributed by atoms with Crippen molar-refractivity contribution in [2.45, 2.75) is 0 Å². The number of benzene rings is 1. The quantitative estimate of drug-likeness (QED) is 0.557. The number of aromatic carboxylic acids is 2. The number of H-pyrrole nitrogens is 1. The number of hydrogen-bond acceptors (Lipinski definition) is 5. The minimum atomic E-state index is -1.54. The van der Waals surface area contributed by atoms with Gasteiger partial charge in [0, 0.05) is 23.6 Å². The predicted molar refractivity (Wildman–Crippen MR) is 88.0 cm³/mol. The highest BCUT2D eigenvalue weighted by atomic mass is 16.4. The molecule has 0 saturated heterocycles. The van der Waals surface area contributed by atoms with Crippen LogP contribution >= 0.6 is 0 Å². The molecule has 0 aliphatic carbocycles. The summed E-state index contributed by atoms with van der Waals surface area (Å²) in [6, 6.07) is 6.32. The fourth-order valence-corrected chi connectivity index (χ4v) is 2.55. The SMILES string of the molecule is Nc1[nH]c(=O)c(C(=O)O)c(-c2ccc(-n3ccnc3)cc2)c1C(=O)O. The number of pyridine rings is 1. The molecule has 1 aromatic carbocycles. The van der Waals surface area contributed by atoms with E-state index in [0.29, 0.717) is 0 Å². The molecule has 3 aromatic rings. The van der Waals surface area contributed by atoms with E-state index in [4.69, 9.17) is 5.73 Å². The third-order valence-electron chi connectivity index (χ3n) is 3.63. The first-order valence-corrected chi connectivity index (χ1v) is 7.01. The normalized spacial score (nSPS) is 10.6. The highest BCUT2D eigenvalue weighted by Gasteiger charge is 2.26. The fourth-order valence-electron chi connectivity index (χ4n) is 2.55. The maximum absolute atomic E-state index is 12.0. The Labute approximate surface area is 140 Å². The van der Waals surface area contributed by atoms with Gasteiger partial charge in [-0.1, -0.05) is 12.1 Å². The number of carbonyl (C=O) groups is 2. The third-order valence-corrected chi connectivity index (χ3v) is 3.63. The van der Waals surface area contributed by atoms with Crippen LogP contribution in [0.2, 0.25) is 0 Å². The largest absolute Gasteiger partial charge is 0.478 e. The molecule has 25 heavy (non-hydrogen) atoms. The number of nitrogens with one attached hydrogen (secondary N) is 1. The van der Waals surface area contributed by atoms with E-state index >= 15 is 0 Å². The van der Waals surface area contributed by atoms with Gasteiger partial charge in [-0.2, -0.15) is 0 Å². The second-order valence-corrected chi connectivity index (χ2v) is 5.12. The van der Waals surface area contributed by atoms with Crippen molar-refractivity contribution in [1.29, 1.82) is 0 Å². The Bertz CT molecular complexity index is 1020. The average Bonchev–Trinajstić information content (AvgIpc) is 3.07. The van der Waals surface area contributed by atoms with Crippen molar-refractivity contribution < 1.29 is 19.8 Å². The lowest BCUT2D eigenvalue weighted by Crippen LogP contribution is -2.24. The Hall–Kier alpha value is -3.88. The molecule has 0 radical (unpaired) electrons. The number of imidazole rings is 1. The summed E-state index contributed by atoms with van der Waals surface area (Å²) < 4.78 is 1.71. The molecule has 9 heteroatoms. The summed E-state index contributed by atoms with van der Waals surface area (Å²) in [4.78, 5) is 41.0. The van der Waals surface area contributed by atoms with Crippen LogP contribution in [0.1, 0.15) is 20.7 Å². The van der Waals surface area contributed by atoms with E-state index in [2.05, 4.69) is 9.97 Å². The molecule has 0 amide bonds. The van der Waals surface area contributed by atoms with Gasteiger partial charge in [0.25, 0.3) is 5.56 Å². The second kappa shape index (κ2) is 5.96. The number of nitrogens with two attached hydrogens (primary N) is 1. The Morgan fingerprint density at radius 2 is 1.72 bits per heavy atom. The Morgan fingerprint density at radius 1 is 1.08 bits per heavy atom. The predicted octanol–water partition coefficient (Wildman–Crippen LogP) is 1.21. The van der Waals surface area contributed by atoms with Gasteiger partial charge < -0.3 is 25.5 Å². The van der Waals surface area contributed by atoms with Gasteiger partial charge in [0.1, 0.15) is 16.9 Å². The number of aromatic nitrogens is 3. The van der Waals surface area contributed by atoms with Crippen LogP contribution in [-0.4, -0.2) is 36.7 Å². The van der Waals surface area contributed by atoms with Crippen molar-refractivity contribution in [3.8, 4) is 16.8 Å². The van der Waals surface area contributed by atoms with Crippen LogP contribution in [-0.2, 0) is 0 Å². The highest BCUT2D eigenvalue weighted by Crippen LogP contribution is 2.29. The van der Waals surface area contributed by atoms with Crippen molar-refractivity contribution in [3.05, 3.63) is 64.5 Å². The minimum Gasteiger partial charge on any atom is -0.478 e. The third kappa shape index (κ3) is 2.74. The molecule has 3 rings (SSSR count). The summed E-state index contributed by atoms with van der Waals surface area (Å²) in [6.07, 6.45) is 4.88. The summed E-state index contributed by atoms with van der Waals surface area (Å²) in [6.45, 7) is 0. The second-order valence-electron chi connectivity index (χ2n) is 5.12. The highest BCUT2D eigenvalue weighted by molar-refractivity contribution is 6.07. The van der Waals surface area contributed by atoms with Crippen molar-refractivity contribution >= 4 is 17.8 Å². The monoisotopic (exact) mass is 340 g/mol. The zero-order valence-electron chi connectivity index (χ0n) is 12.6. The molecule has 0 aliphatic heterocycles. The lowest BCUT2D eigenvalue weighted by atomic mass is 9.95.